The van der Waals surface area contributed by atoms with Crippen LogP contribution in [-0.4, -0.2) is 70.3 Å². The normalized spacial score (nSPS) is 23.2. The van der Waals surface area contributed by atoms with Crippen LogP contribution in [0.3, 0.4) is 0 Å². The molecule has 1 aliphatic carbocycles. The molecule has 0 radical (unpaired) electrons. The van der Waals surface area contributed by atoms with E-state index < -0.39 is 11.6 Å². The van der Waals surface area contributed by atoms with Gasteiger partial charge in [0.25, 0.3) is 5.91 Å². The molecular weight excluding hydrogens is 396 g/mol. The zero-order valence-corrected chi connectivity index (χ0v) is 17.2. The van der Waals surface area contributed by atoms with Gasteiger partial charge >= 0.3 is 6.03 Å². The first-order valence-electron chi connectivity index (χ1n) is 10.6. The number of aromatic nitrogens is 2. The highest BCUT2D eigenvalue weighted by atomic mass is 16.2. The monoisotopic (exact) mass is 420 g/mol. The number of benzene rings is 1. The average Bonchev–Trinajstić information content (AvgIpc) is 3.04. The molecule has 3 aliphatic rings. The number of fused-ring (bicyclic) bond motifs is 2. The van der Waals surface area contributed by atoms with Crippen molar-refractivity contribution in [3.63, 3.8) is 0 Å². The minimum atomic E-state index is -1.05. The number of amides is 4. The number of imide groups is 1. The summed E-state index contributed by atoms with van der Waals surface area (Å²) in [5.74, 6) is 0.0919. The standard InChI is InChI=1S/C22H24N6O3/c29-18(26-11-13-27(14-12-26)20-23-9-4-10-24-20)15-28-19(30)22(25-21(28)31)8-3-6-16-5-1-2-7-17(16)22/h1-2,4-5,7,9-10H,3,6,8,11-15H2,(H,25,31). The molecule has 0 bridgehead atoms. The first-order valence-corrected chi connectivity index (χ1v) is 10.6. The summed E-state index contributed by atoms with van der Waals surface area (Å²) in [7, 11) is 0. The fourth-order valence-electron chi connectivity index (χ4n) is 4.80. The number of anilines is 1. The van der Waals surface area contributed by atoms with E-state index in [1.807, 2.05) is 29.2 Å². The molecule has 1 atom stereocenters. The molecule has 1 aromatic carbocycles. The third-order valence-corrected chi connectivity index (χ3v) is 6.41. The molecule has 2 fully saturated rings. The third kappa shape index (κ3) is 3.30. The Hall–Kier alpha value is -3.49. The molecule has 2 aliphatic heterocycles. The van der Waals surface area contributed by atoms with Crippen LogP contribution in [0, 0.1) is 0 Å². The molecule has 5 rings (SSSR count). The Bertz CT molecular complexity index is 1020. The van der Waals surface area contributed by atoms with E-state index in [2.05, 4.69) is 15.3 Å². The molecule has 31 heavy (non-hydrogen) atoms. The molecule has 1 aromatic heterocycles. The number of carbonyl (C=O) groups excluding carboxylic acids is 3. The molecule has 1 N–H and O–H groups in total. The second-order valence-electron chi connectivity index (χ2n) is 8.15. The van der Waals surface area contributed by atoms with E-state index in [-0.39, 0.29) is 18.4 Å². The van der Waals surface area contributed by atoms with Crippen LogP contribution in [0.4, 0.5) is 10.7 Å². The average molecular weight is 420 g/mol. The van der Waals surface area contributed by atoms with Crippen LogP contribution in [0.15, 0.2) is 42.7 Å². The Labute approximate surface area is 180 Å². The van der Waals surface area contributed by atoms with Crippen molar-refractivity contribution in [2.45, 2.75) is 24.8 Å². The minimum Gasteiger partial charge on any atom is -0.338 e. The molecule has 1 spiro atoms. The summed E-state index contributed by atoms with van der Waals surface area (Å²) in [6, 6.07) is 9.00. The second-order valence-corrected chi connectivity index (χ2v) is 8.15. The number of aryl methyl sites for hydroxylation is 1. The summed E-state index contributed by atoms with van der Waals surface area (Å²) in [5.41, 5.74) is 0.885. The van der Waals surface area contributed by atoms with Gasteiger partial charge in [-0.15, -0.1) is 0 Å². The van der Waals surface area contributed by atoms with E-state index in [1.54, 1.807) is 23.4 Å². The first kappa shape index (κ1) is 19.5. The van der Waals surface area contributed by atoms with Gasteiger partial charge in [-0.1, -0.05) is 24.3 Å². The number of nitrogens with zero attached hydrogens (tertiary/aromatic N) is 5. The van der Waals surface area contributed by atoms with Crippen molar-refractivity contribution in [2.24, 2.45) is 0 Å². The van der Waals surface area contributed by atoms with E-state index in [9.17, 15) is 14.4 Å². The molecule has 9 nitrogen and oxygen atoms in total. The van der Waals surface area contributed by atoms with E-state index in [1.165, 1.54) is 0 Å². The smallest absolute Gasteiger partial charge is 0.325 e. The fourth-order valence-corrected chi connectivity index (χ4v) is 4.80. The quantitative estimate of drug-likeness (QED) is 0.741. The lowest BCUT2D eigenvalue weighted by molar-refractivity contribution is -0.139. The Kier molecular flexibility index (Phi) is 4.80. The number of urea groups is 1. The van der Waals surface area contributed by atoms with Crippen molar-refractivity contribution in [3.05, 3.63) is 53.9 Å². The summed E-state index contributed by atoms with van der Waals surface area (Å²) in [4.78, 5) is 52.3. The van der Waals surface area contributed by atoms with Crippen LogP contribution in [0.25, 0.3) is 0 Å². The van der Waals surface area contributed by atoms with Gasteiger partial charge in [0.2, 0.25) is 11.9 Å². The van der Waals surface area contributed by atoms with Crippen molar-refractivity contribution in [1.29, 1.82) is 0 Å². The van der Waals surface area contributed by atoms with Crippen LogP contribution in [0.2, 0.25) is 0 Å². The predicted octanol–water partition coefficient (Wildman–Crippen LogP) is 0.909. The summed E-state index contributed by atoms with van der Waals surface area (Å²) < 4.78 is 0. The van der Waals surface area contributed by atoms with Crippen LogP contribution in [0.5, 0.6) is 0 Å². The van der Waals surface area contributed by atoms with Crippen molar-refractivity contribution < 1.29 is 14.4 Å². The van der Waals surface area contributed by atoms with Crippen LogP contribution < -0.4 is 10.2 Å². The topological polar surface area (TPSA) is 98.7 Å². The molecule has 160 valence electrons. The maximum Gasteiger partial charge on any atom is 0.325 e. The lowest BCUT2D eigenvalue weighted by Crippen LogP contribution is -2.52. The Morgan fingerprint density at radius 1 is 1.03 bits per heavy atom. The third-order valence-electron chi connectivity index (χ3n) is 6.41. The van der Waals surface area contributed by atoms with Gasteiger partial charge in [0.05, 0.1) is 0 Å². The molecule has 0 saturated carbocycles. The van der Waals surface area contributed by atoms with Crippen molar-refractivity contribution in [1.82, 2.24) is 25.1 Å². The van der Waals surface area contributed by atoms with Crippen molar-refractivity contribution in [2.75, 3.05) is 37.6 Å². The van der Waals surface area contributed by atoms with Gasteiger partial charge in [-0.05, 0) is 36.5 Å². The van der Waals surface area contributed by atoms with Gasteiger partial charge in [0, 0.05) is 38.6 Å². The molecule has 2 saturated heterocycles. The zero-order valence-electron chi connectivity index (χ0n) is 17.2. The predicted molar refractivity (Wildman–Crippen MR) is 112 cm³/mol. The second kappa shape index (κ2) is 7.64. The fraction of sp³-hybridized carbons (Fsp3) is 0.409. The SMILES string of the molecule is O=C(CN1C(=O)NC2(CCCc3ccccc32)C1=O)N1CCN(c2ncccn2)CC1. The van der Waals surface area contributed by atoms with E-state index in [4.69, 9.17) is 0 Å². The maximum absolute atomic E-state index is 13.4. The summed E-state index contributed by atoms with van der Waals surface area (Å²) in [6.45, 7) is 1.96. The molecule has 9 heteroatoms. The molecule has 1 unspecified atom stereocenters. The van der Waals surface area contributed by atoms with Crippen LogP contribution in [0.1, 0.15) is 24.0 Å². The van der Waals surface area contributed by atoms with Gasteiger partial charge in [-0.2, -0.15) is 0 Å². The van der Waals surface area contributed by atoms with Crippen molar-refractivity contribution >= 4 is 23.8 Å². The summed E-state index contributed by atoms with van der Waals surface area (Å²) >= 11 is 0. The minimum absolute atomic E-state index is 0.224. The Morgan fingerprint density at radius 3 is 2.55 bits per heavy atom. The molecular formula is C22H24N6O3. The number of nitrogens with one attached hydrogen (secondary N) is 1. The maximum atomic E-state index is 13.4. The highest BCUT2D eigenvalue weighted by molar-refractivity contribution is 6.09. The number of carbonyl (C=O) groups is 3. The highest BCUT2D eigenvalue weighted by Crippen LogP contribution is 2.39. The summed E-state index contributed by atoms with van der Waals surface area (Å²) in [5, 5.41) is 2.90. The molecule has 2 aromatic rings. The zero-order chi connectivity index (χ0) is 21.4. The lowest BCUT2D eigenvalue weighted by atomic mass is 9.76. The number of rotatable bonds is 3. The van der Waals surface area contributed by atoms with E-state index in [0.717, 1.165) is 28.9 Å². The van der Waals surface area contributed by atoms with E-state index >= 15 is 0 Å². The van der Waals surface area contributed by atoms with Gasteiger partial charge in [-0.25, -0.2) is 14.8 Å². The molecule has 3 heterocycles. The van der Waals surface area contributed by atoms with E-state index in [0.29, 0.717) is 38.5 Å². The van der Waals surface area contributed by atoms with Gasteiger partial charge in [-0.3, -0.25) is 14.5 Å². The van der Waals surface area contributed by atoms with Gasteiger partial charge in [0.15, 0.2) is 0 Å². The van der Waals surface area contributed by atoms with Crippen LogP contribution >= 0.6 is 0 Å². The largest absolute Gasteiger partial charge is 0.338 e. The lowest BCUT2D eigenvalue weighted by Gasteiger charge is -2.35. The highest BCUT2D eigenvalue weighted by Gasteiger charge is 2.54. The number of piperazine rings is 1. The summed E-state index contributed by atoms with van der Waals surface area (Å²) in [6.07, 6.45) is 5.63. The first-order chi connectivity index (χ1) is 15.1. The van der Waals surface area contributed by atoms with Crippen molar-refractivity contribution in [3.8, 4) is 0 Å². The van der Waals surface area contributed by atoms with Crippen LogP contribution in [-0.2, 0) is 21.5 Å². The van der Waals surface area contributed by atoms with Gasteiger partial charge < -0.3 is 15.1 Å². The molecule has 4 amide bonds. The Morgan fingerprint density at radius 2 is 1.77 bits per heavy atom. The number of hydrogen-bond donors (Lipinski definition) is 1. The number of hydrogen-bond acceptors (Lipinski definition) is 6. The Balaban J connectivity index is 1.27. The van der Waals surface area contributed by atoms with Gasteiger partial charge in [0.1, 0.15) is 12.1 Å².